The van der Waals surface area contributed by atoms with Crippen LogP contribution in [0, 0.1) is 0 Å². The third-order valence-corrected chi connectivity index (χ3v) is 5.03. The Morgan fingerprint density at radius 2 is 1.93 bits per heavy atom. The summed E-state index contributed by atoms with van der Waals surface area (Å²) in [5.74, 6) is 0.208. The van der Waals surface area contributed by atoms with Crippen LogP contribution in [0.4, 0.5) is 10.5 Å². The molecule has 0 saturated heterocycles. The van der Waals surface area contributed by atoms with Gasteiger partial charge in [0, 0.05) is 18.3 Å². The molecule has 0 spiro atoms. The molecule has 0 aliphatic heterocycles. The fourth-order valence-electron chi connectivity index (χ4n) is 2.55. The lowest BCUT2D eigenvalue weighted by atomic mass is 10.0. The summed E-state index contributed by atoms with van der Waals surface area (Å²) in [6, 6.07) is 9.03. The van der Waals surface area contributed by atoms with Gasteiger partial charge in [-0.2, -0.15) is 0 Å². The second kappa shape index (κ2) is 9.18. The molecule has 140 valence electrons. The number of nitrogens with zero attached hydrogens (tertiary/aromatic N) is 1. The summed E-state index contributed by atoms with van der Waals surface area (Å²) in [6.07, 6.45) is 5.23. The van der Waals surface area contributed by atoms with E-state index in [1.54, 1.807) is 0 Å². The first-order valence-corrected chi connectivity index (χ1v) is 9.62. The summed E-state index contributed by atoms with van der Waals surface area (Å²) in [5.41, 5.74) is 0.987. The number of rotatable bonds is 8. The third-order valence-electron chi connectivity index (χ3n) is 3.92. The molecule has 0 fully saturated rings. The van der Waals surface area contributed by atoms with Crippen LogP contribution in [0.15, 0.2) is 52.0 Å². The van der Waals surface area contributed by atoms with E-state index in [0.717, 1.165) is 30.7 Å². The molecule has 0 unspecified atom stereocenters. The van der Waals surface area contributed by atoms with Crippen molar-refractivity contribution in [3.8, 4) is 0 Å². The predicted molar refractivity (Wildman–Crippen MR) is 103 cm³/mol. The fraction of sp³-hybridized carbons (Fsp3) is 0.263. The van der Waals surface area contributed by atoms with E-state index in [0.29, 0.717) is 11.4 Å². The number of allylic oxidation sites excluding steroid dienone is 2. The highest BCUT2D eigenvalue weighted by Crippen LogP contribution is 2.28. The minimum atomic E-state index is -0.321. The van der Waals surface area contributed by atoms with Gasteiger partial charge in [-0.25, -0.2) is 4.79 Å². The van der Waals surface area contributed by atoms with Crippen LogP contribution in [0.25, 0.3) is 0 Å². The molecule has 0 atom stereocenters. The first kappa shape index (κ1) is 18.9. The quantitative estimate of drug-likeness (QED) is 0.673. The summed E-state index contributed by atoms with van der Waals surface area (Å²) in [7, 11) is 0. The predicted octanol–water partition coefficient (Wildman–Crippen LogP) is 3.66. The number of amides is 2. The van der Waals surface area contributed by atoms with Crippen molar-refractivity contribution < 1.29 is 18.9 Å². The molecule has 1 heterocycles. The van der Waals surface area contributed by atoms with Crippen LogP contribution in [-0.4, -0.2) is 35.1 Å². The molecule has 1 aromatic heterocycles. The van der Waals surface area contributed by atoms with Gasteiger partial charge in [-0.05, 0) is 30.7 Å². The molecule has 1 aliphatic carbocycles. The van der Waals surface area contributed by atoms with Crippen molar-refractivity contribution in [2.75, 3.05) is 17.6 Å². The average Bonchev–Trinajstić information content (AvgIpc) is 3.16. The first-order valence-electron chi connectivity index (χ1n) is 8.63. The molecular weight excluding hydrogens is 366 g/mol. The highest BCUT2D eigenvalue weighted by molar-refractivity contribution is 8.04. The third kappa shape index (κ3) is 5.07. The maximum Gasteiger partial charge on any atom is 0.319 e. The number of Topliss-reactive ketones (excluding diaryl/α,β-unsaturated/α-hetero) is 1. The highest BCUT2D eigenvalue weighted by atomic mass is 32.2. The number of aromatic nitrogens is 1. The summed E-state index contributed by atoms with van der Waals surface area (Å²) >= 11 is 1.36. The van der Waals surface area contributed by atoms with Gasteiger partial charge in [-0.15, -0.1) is 11.8 Å². The fourth-order valence-corrected chi connectivity index (χ4v) is 3.55. The second-order valence-corrected chi connectivity index (χ2v) is 7.06. The van der Waals surface area contributed by atoms with Crippen LogP contribution in [-0.2, 0) is 0 Å². The van der Waals surface area contributed by atoms with Crippen LogP contribution >= 0.6 is 11.8 Å². The maximum absolute atomic E-state index is 12.2. The minimum absolute atomic E-state index is 0.0178. The molecule has 7 nitrogen and oxygen atoms in total. The minimum Gasteiger partial charge on any atom is -0.352 e. The number of carbonyl (C=O) groups is 3. The molecule has 27 heavy (non-hydrogen) atoms. The van der Waals surface area contributed by atoms with Crippen molar-refractivity contribution in [2.45, 2.75) is 19.3 Å². The summed E-state index contributed by atoms with van der Waals surface area (Å²) < 4.78 is 4.80. The van der Waals surface area contributed by atoms with Crippen molar-refractivity contribution >= 4 is 35.0 Å². The number of hydrogen-bond acceptors (Lipinski definition) is 6. The second-order valence-electron chi connectivity index (χ2n) is 5.93. The Hall–Kier alpha value is -2.87. The van der Waals surface area contributed by atoms with Crippen LogP contribution in [0.5, 0.6) is 0 Å². The number of hydrogen-bond donors (Lipinski definition) is 2. The lowest BCUT2D eigenvalue weighted by Gasteiger charge is -2.10. The van der Waals surface area contributed by atoms with E-state index in [4.69, 9.17) is 4.52 Å². The van der Waals surface area contributed by atoms with Gasteiger partial charge in [0.2, 0.25) is 17.3 Å². The maximum atomic E-state index is 12.2. The SMILES string of the molecule is O=C(NCCCCCSC1=CC(=O)c2oncc2C1=O)Nc1ccccc1. The Bertz CT molecular complexity index is 861. The molecule has 0 saturated carbocycles. The smallest absolute Gasteiger partial charge is 0.319 e. The Balaban J connectivity index is 1.29. The number of benzene rings is 1. The molecule has 2 aromatic rings. The number of para-hydroxylation sites is 1. The Labute approximate surface area is 160 Å². The monoisotopic (exact) mass is 385 g/mol. The van der Waals surface area contributed by atoms with E-state index < -0.39 is 0 Å². The molecule has 3 rings (SSSR count). The van der Waals surface area contributed by atoms with Crippen LogP contribution in [0.3, 0.4) is 0 Å². The molecule has 2 amide bonds. The Kier molecular flexibility index (Phi) is 6.43. The highest BCUT2D eigenvalue weighted by Gasteiger charge is 2.29. The Morgan fingerprint density at radius 3 is 2.74 bits per heavy atom. The molecule has 0 radical (unpaired) electrons. The van der Waals surface area contributed by atoms with Crippen molar-refractivity contribution in [1.29, 1.82) is 0 Å². The molecule has 1 aliphatic rings. The van der Waals surface area contributed by atoms with Crippen molar-refractivity contribution in [2.24, 2.45) is 0 Å². The zero-order valence-corrected chi connectivity index (χ0v) is 15.4. The van der Waals surface area contributed by atoms with Crippen LogP contribution in [0.1, 0.15) is 40.2 Å². The van der Waals surface area contributed by atoms with E-state index in [2.05, 4.69) is 15.8 Å². The number of fused-ring (bicyclic) bond motifs is 1. The lowest BCUT2D eigenvalue weighted by molar-refractivity contribution is 0.0967. The van der Waals surface area contributed by atoms with Gasteiger partial charge in [0.05, 0.1) is 16.7 Å². The molecule has 2 N–H and O–H groups in total. The summed E-state index contributed by atoms with van der Waals surface area (Å²) in [5, 5.41) is 9.08. The van der Waals surface area contributed by atoms with E-state index >= 15 is 0 Å². The Morgan fingerprint density at radius 1 is 1.11 bits per heavy atom. The topological polar surface area (TPSA) is 101 Å². The summed E-state index contributed by atoms with van der Waals surface area (Å²) in [6.45, 7) is 0.577. The van der Waals surface area contributed by atoms with Gasteiger partial charge >= 0.3 is 6.03 Å². The molecule has 8 heteroatoms. The average molecular weight is 385 g/mol. The van der Waals surface area contributed by atoms with Gasteiger partial charge in [0.15, 0.2) is 0 Å². The lowest BCUT2D eigenvalue weighted by Crippen LogP contribution is -2.29. The number of carbonyl (C=O) groups excluding carboxylic acids is 3. The molecule has 1 aromatic carbocycles. The molecule has 0 bridgehead atoms. The van der Waals surface area contributed by atoms with Crippen molar-refractivity contribution in [1.82, 2.24) is 10.5 Å². The first-order chi connectivity index (χ1) is 13.1. The number of nitrogens with one attached hydrogen (secondary N) is 2. The summed E-state index contributed by atoms with van der Waals surface area (Å²) in [4.78, 5) is 36.2. The van der Waals surface area contributed by atoms with Gasteiger partial charge in [-0.1, -0.05) is 29.8 Å². The number of anilines is 1. The number of urea groups is 1. The molecular formula is C19H19N3O4S. The van der Waals surface area contributed by atoms with E-state index in [1.807, 2.05) is 30.3 Å². The van der Waals surface area contributed by atoms with Gasteiger partial charge in [0.25, 0.3) is 0 Å². The normalized spacial score (nSPS) is 13.1. The van der Waals surface area contributed by atoms with Crippen molar-refractivity contribution in [3.63, 3.8) is 0 Å². The number of unbranched alkanes of at least 4 members (excludes halogenated alkanes) is 2. The standard InChI is InChI=1S/C19H19N3O4S/c23-15-11-16(17(24)14-12-21-26-18(14)15)27-10-6-2-5-9-20-19(25)22-13-7-3-1-4-8-13/h1,3-4,7-8,11-12H,2,5-6,9-10H2,(H2,20,22,25). The van der Waals surface area contributed by atoms with E-state index in [9.17, 15) is 14.4 Å². The van der Waals surface area contributed by atoms with E-state index in [1.165, 1.54) is 24.0 Å². The number of thioether (sulfide) groups is 1. The zero-order chi connectivity index (χ0) is 19.1. The van der Waals surface area contributed by atoms with E-state index in [-0.39, 0.29) is 28.9 Å². The van der Waals surface area contributed by atoms with Gasteiger partial charge in [0.1, 0.15) is 0 Å². The largest absolute Gasteiger partial charge is 0.352 e. The van der Waals surface area contributed by atoms with Crippen molar-refractivity contribution in [3.05, 3.63) is 58.8 Å². The zero-order valence-electron chi connectivity index (χ0n) is 14.6. The van der Waals surface area contributed by atoms with Gasteiger partial charge in [-0.3, -0.25) is 9.59 Å². The number of ketones is 2. The van der Waals surface area contributed by atoms with Crippen LogP contribution < -0.4 is 10.6 Å². The van der Waals surface area contributed by atoms with Gasteiger partial charge < -0.3 is 15.2 Å². The van der Waals surface area contributed by atoms with Crippen LogP contribution in [0.2, 0.25) is 0 Å².